The van der Waals surface area contributed by atoms with Crippen LogP contribution in [-0.2, 0) is 9.47 Å². The SMILES string of the molecule is COC1CCCOC12CCN(C(=O)c1oc3ccc(C)cc3c1C)CC2. The quantitative estimate of drug-likeness (QED) is 0.819. The average molecular weight is 357 g/mol. The Morgan fingerprint density at radius 2 is 2.04 bits per heavy atom. The monoisotopic (exact) mass is 357 g/mol. The number of carbonyl (C=O) groups is 1. The number of fused-ring (bicyclic) bond motifs is 1. The summed E-state index contributed by atoms with van der Waals surface area (Å²) in [6, 6.07) is 6.03. The lowest BCUT2D eigenvalue weighted by atomic mass is 9.81. The molecular formula is C21H27NO4. The van der Waals surface area contributed by atoms with Crippen LogP contribution in [0.3, 0.4) is 0 Å². The minimum atomic E-state index is -0.232. The highest BCUT2D eigenvalue weighted by Gasteiger charge is 2.45. The van der Waals surface area contributed by atoms with Crippen LogP contribution in [0.1, 0.15) is 47.4 Å². The molecule has 0 N–H and O–H groups in total. The van der Waals surface area contributed by atoms with E-state index in [1.807, 2.05) is 30.9 Å². The molecule has 0 aliphatic carbocycles. The van der Waals surface area contributed by atoms with Gasteiger partial charge in [-0.3, -0.25) is 4.79 Å². The van der Waals surface area contributed by atoms with Crippen molar-refractivity contribution in [2.45, 2.75) is 51.2 Å². The van der Waals surface area contributed by atoms with Crippen molar-refractivity contribution in [2.75, 3.05) is 26.8 Å². The number of aryl methyl sites for hydroxylation is 2. The molecule has 2 aromatic rings. The molecule has 1 amide bonds. The Balaban J connectivity index is 1.53. The van der Waals surface area contributed by atoms with Crippen molar-refractivity contribution in [3.63, 3.8) is 0 Å². The van der Waals surface area contributed by atoms with Gasteiger partial charge in [0.2, 0.25) is 0 Å². The molecule has 26 heavy (non-hydrogen) atoms. The average Bonchev–Trinajstić information content (AvgIpc) is 2.98. The zero-order valence-corrected chi connectivity index (χ0v) is 15.8. The molecule has 5 heteroatoms. The summed E-state index contributed by atoms with van der Waals surface area (Å²) in [6.45, 7) is 6.15. The Morgan fingerprint density at radius 1 is 1.27 bits per heavy atom. The van der Waals surface area contributed by atoms with Crippen LogP contribution in [0, 0.1) is 13.8 Å². The van der Waals surface area contributed by atoms with Gasteiger partial charge in [-0.05, 0) is 51.7 Å². The fourth-order valence-corrected chi connectivity index (χ4v) is 4.47. The summed E-state index contributed by atoms with van der Waals surface area (Å²) in [4.78, 5) is 15.0. The first-order valence-corrected chi connectivity index (χ1v) is 9.50. The van der Waals surface area contributed by atoms with Gasteiger partial charge in [-0.1, -0.05) is 11.6 Å². The summed E-state index contributed by atoms with van der Waals surface area (Å²) < 4.78 is 17.7. The molecule has 140 valence electrons. The normalized spacial score (nSPS) is 22.9. The van der Waals surface area contributed by atoms with Crippen LogP contribution in [0.4, 0.5) is 0 Å². The van der Waals surface area contributed by atoms with E-state index in [2.05, 4.69) is 6.07 Å². The molecular weight excluding hydrogens is 330 g/mol. The number of nitrogens with zero attached hydrogens (tertiary/aromatic N) is 1. The molecule has 3 heterocycles. The lowest BCUT2D eigenvalue weighted by molar-refractivity contribution is -0.183. The Morgan fingerprint density at radius 3 is 2.77 bits per heavy atom. The van der Waals surface area contributed by atoms with Gasteiger partial charge in [0.25, 0.3) is 5.91 Å². The van der Waals surface area contributed by atoms with E-state index in [9.17, 15) is 4.79 Å². The van der Waals surface area contributed by atoms with Gasteiger partial charge < -0.3 is 18.8 Å². The molecule has 0 radical (unpaired) electrons. The first-order chi connectivity index (χ1) is 12.5. The fourth-order valence-electron chi connectivity index (χ4n) is 4.47. The Labute approximate surface area is 154 Å². The van der Waals surface area contributed by atoms with Crippen LogP contribution >= 0.6 is 0 Å². The van der Waals surface area contributed by atoms with Crippen molar-refractivity contribution < 1.29 is 18.7 Å². The van der Waals surface area contributed by atoms with Gasteiger partial charge in [-0.25, -0.2) is 0 Å². The van der Waals surface area contributed by atoms with Crippen LogP contribution in [0.25, 0.3) is 11.0 Å². The summed E-state index contributed by atoms with van der Waals surface area (Å²) in [7, 11) is 1.76. The molecule has 2 fully saturated rings. The Kier molecular flexibility index (Phi) is 4.53. The van der Waals surface area contributed by atoms with E-state index in [0.29, 0.717) is 18.8 Å². The highest BCUT2D eigenvalue weighted by Crippen LogP contribution is 2.37. The van der Waals surface area contributed by atoms with Gasteiger partial charge in [0.1, 0.15) is 5.58 Å². The molecule has 0 bridgehead atoms. The lowest BCUT2D eigenvalue weighted by Gasteiger charge is -2.47. The molecule has 1 unspecified atom stereocenters. The summed E-state index contributed by atoms with van der Waals surface area (Å²) in [5.74, 6) is 0.449. The molecule has 2 saturated heterocycles. The molecule has 1 aromatic heterocycles. The van der Waals surface area contributed by atoms with Gasteiger partial charge in [0.05, 0.1) is 11.7 Å². The Bertz CT molecular complexity index is 817. The molecule has 1 atom stereocenters. The number of methoxy groups -OCH3 is 1. The van der Waals surface area contributed by atoms with Crippen LogP contribution in [0.2, 0.25) is 0 Å². The largest absolute Gasteiger partial charge is 0.451 e. The van der Waals surface area contributed by atoms with E-state index in [4.69, 9.17) is 13.9 Å². The van der Waals surface area contributed by atoms with Gasteiger partial charge in [-0.15, -0.1) is 0 Å². The number of carbonyl (C=O) groups excluding carboxylic acids is 1. The lowest BCUT2D eigenvalue weighted by Crippen LogP contribution is -2.56. The van der Waals surface area contributed by atoms with Crippen molar-refractivity contribution in [1.29, 1.82) is 0 Å². The van der Waals surface area contributed by atoms with Gasteiger partial charge >= 0.3 is 0 Å². The van der Waals surface area contributed by atoms with Crippen molar-refractivity contribution in [3.8, 4) is 0 Å². The molecule has 5 nitrogen and oxygen atoms in total. The number of hydrogen-bond acceptors (Lipinski definition) is 4. The van der Waals surface area contributed by atoms with E-state index in [-0.39, 0.29) is 17.6 Å². The van der Waals surface area contributed by atoms with E-state index in [1.165, 1.54) is 5.56 Å². The standard InChI is InChI=1S/C21H27NO4/c1-14-6-7-17-16(13-14)15(2)19(26-17)20(23)22-10-8-21(9-11-22)18(24-3)5-4-12-25-21/h6-7,13,18H,4-5,8-12H2,1-3H3. The van der Waals surface area contributed by atoms with Crippen LogP contribution in [0.5, 0.6) is 0 Å². The second kappa shape index (κ2) is 6.71. The Hall–Kier alpha value is -1.85. The number of likely N-dealkylation sites (tertiary alicyclic amines) is 1. The topological polar surface area (TPSA) is 51.9 Å². The summed E-state index contributed by atoms with van der Waals surface area (Å²) >= 11 is 0. The molecule has 2 aliphatic rings. The highest BCUT2D eigenvalue weighted by molar-refractivity contribution is 5.99. The minimum Gasteiger partial charge on any atom is -0.451 e. The van der Waals surface area contributed by atoms with E-state index in [0.717, 1.165) is 48.8 Å². The number of furan rings is 1. The van der Waals surface area contributed by atoms with Crippen LogP contribution in [-0.4, -0.2) is 49.3 Å². The van der Waals surface area contributed by atoms with Gasteiger partial charge in [-0.2, -0.15) is 0 Å². The zero-order valence-electron chi connectivity index (χ0n) is 15.8. The van der Waals surface area contributed by atoms with Gasteiger partial charge in [0.15, 0.2) is 5.76 Å². The first kappa shape index (κ1) is 17.6. The smallest absolute Gasteiger partial charge is 0.289 e. The predicted octanol–water partition coefficient (Wildman–Crippen LogP) is 3.85. The second-order valence-corrected chi connectivity index (χ2v) is 7.63. The highest BCUT2D eigenvalue weighted by atomic mass is 16.5. The number of rotatable bonds is 2. The summed E-state index contributed by atoms with van der Waals surface area (Å²) in [6.07, 6.45) is 3.84. The minimum absolute atomic E-state index is 0.0176. The molecule has 0 saturated carbocycles. The van der Waals surface area contributed by atoms with Crippen molar-refractivity contribution in [2.24, 2.45) is 0 Å². The van der Waals surface area contributed by atoms with Crippen LogP contribution < -0.4 is 0 Å². The number of ether oxygens (including phenoxy) is 2. The number of benzene rings is 1. The van der Waals surface area contributed by atoms with E-state index < -0.39 is 0 Å². The van der Waals surface area contributed by atoms with Gasteiger partial charge in [0, 0.05) is 37.8 Å². The third kappa shape index (κ3) is 2.83. The predicted molar refractivity (Wildman–Crippen MR) is 99.5 cm³/mol. The second-order valence-electron chi connectivity index (χ2n) is 7.63. The summed E-state index contributed by atoms with van der Waals surface area (Å²) in [5.41, 5.74) is 2.64. The maximum atomic E-state index is 13.1. The molecule has 1 spiro atoms. The number of amides is 1. The van der Waals surface area contributed by atoms with Crippen molar-refractivity contribution in [1.82, 2.24) is 4.90 Å². The number of piperidine rings is 1. The number of hydrogen-bond donors (Lipinski definition) is 0. The van der Waals surface area contributed by atoms with Crippen molar-refractivity contribution >= 4 is 16.9 Å². The third-order valence-corrected chi connectivity index (χ3v) is 6.05. The molecule has 2 aliphatic heterocycles. The molecule has 4 rings (SSSR count). The van der Waals surface area contributed by atoms with Crippen molar-refractivity contribution in [3.05, 3.63) is 35.1 Å². The third-order valence-electron chi connectivity index (χ3n) is 6.05. The maximum Gasteiger partial charge on any atom is 0.289 e. The van der Waals surface area contributed by atoms with Crippen LogP contribution in [0.15, 0.2) is 22.6 Å². The molecule has 1 aromatic carbocycles. The summed E-state index contributed by atoms with van der Waals surface area (Å²) in [5, 5.41) is 1.02. The first-order valence-electron chi connectivity index (χ1n) is 9.50. The van der Waals surface area contributed by atoms with E-state index in [1.54, 1.807) is 7.11 Å². The zero-order chi connectivity index (χ0) is 18.3. The van der Waals surface area contributed by atoms with E-state index >= 15 is 0 Å². The maximum absolute atomic E-state index is 13.1. The fraction of sp³-hybridized carbons (Fsp3) is 0.571.